The summed E-state index contributed by atoms with van der Waals surface area (Å²) in [6, 6.07) is 9.61. The number of furan rings is 1. The average molecular weight is 402 g/mol. The molecule has 1 heterocycles. The van der Waals surface area contributed by atoms with E-state index >= 15 is 0 Å². The maximum Gasteiger partial charge on any atom is 0.242 e. The van der Waals surface area contributed by atoms with Crippen molar-refractivity contribution in [1.82, 2.24) is 9.80 Å². The lowest BCUT2D eigenvalue weighted by Crippen LogP contribution is -2.46. The minimum absolute atomic E-state index is 0.00952. The van der Waals surface area contributed by atoms with E-state index in [1.54, 1.807) is 47.4 Å². The largest absolute Gasteiger partial charge is 0.467 e. The summed E-state index contributed by atoms with van der Waals surface area (Å²) in [4.78, 5) is 29.1. The normalized spacial score (nSPS) is 13.7. The molecule has 3 rings (SSSR count). The number of benzene rings is 1. The number of rotatable bonds is 10. The first-order valence-electron chi connectivity index (χ1n) is 9.89. The summed E-state index contributed by atoms with van der Waals surface area (Å²) in [6.07, 6.45) is 4.36. The predicted octanol–water partition coefficient (Wildman–Crippen LogP) is 3.22. The number of hydrogen-bond donors (Lipinski definition) is 0. The number of halogens is 1. The van der Waals surface area contributed by atoms with Crippen molar-refractivity contribution in [1.29, 1.82) is 0 Å². The number of methoxy groups -OCH3 is 1. The summed E-state index contributed by atoms with van der Waals surface area (Å²) in [5.41, 5.74) is 0.806. The third kappa shape index (κ3) is 5.90. The standard InChI is InChI=1S/C22H27FN2O4/c1-28-13-11-24(22(27)18-4-2-5-18)16-21(26)25(15-20-6-3-12-29-20)14-17-7-9-19(23)10-8-17/h3,6-10,12,18H,2,4-5,11,13-16H2,1H3. The molecule has 1 aliphatic carbocycles. The molecule has 1 aliphatic rings. The summed E-state index contributed by atoms with van der Waals surface area (Å²) in [5.74, 6) is 0.162. The van der Waals surface area contributed by atoms with E-state index in [0.717, 1.165) is 24.8 Å². The second kappa shape index (κ2) is 10.2. The van der Waals surface area contributed by atoms with E-state index in [4.69, 9.17) is 9.15 Å². The Morgan fingerprint density at radius 3 is 2.48 bits per heavy atom. The van der Waals surface area contributed by atoms with Gasteiger partial charge in [-0.2, -0.15) is 0 Å². The fourth-order valence-electron chi connectivity index (χ4n) is 3.28. The Morgan fingerprint density at radius 2 is 1.90 bits per heavy atom. The lowest BCUT2D eigenvalue weighted by Gasteiger charge is -2.32. The Labute approximate surface area is 170 Å². The number of amides is 2. The molecule has 2 amide bonds. The van der Waals surface area contributed by atoms with E-state index in [-0.39, 0.29) is 36.6 Å². The molecule has 1 saturated carbocycles. The van der Waals surface area contributed by atoms with Gasteiger partial charge in [-0.05, 0) is 42.7 Å². The SMILES string of the molecule is COCCN(CC(=O)N(Cc1ccc(F)cc1)Cc1ccco1)C(=O)C1CCC1. The van der Waals surface area contributed by atoms with E-state index in [0.29, 0.717) is 25.5 Å². The lowest BCUT2D eigenvalue weighted by atomic mass is 9.84. The predicted molar refractivity (Wildman–Crippen MR) is 105 cm³/mol. The molecule has 0 spiro atoms. The van der Waals surface area contributed by atoms with Crippen molar-refractivity contribution in [3.63, 3.8) is 0 Å². The molecule has 1 aromatic heterocycles. The zero-order valence-corrected chi connectivity index (χ0v) is 16.7. The Balaban J connectivity index is 1.72. The topological polar surface area (TPSA) is 63.0 Å². The molecule has 0 saturated heterocycles. The second-order valence-corrected chi connectivity index (χ2v) is 7.34. The Hall–Kier alpha value is -2.67. The Kier molecular flexibility index (Phi) is 7.41. The van der Waals surface area contributed by atoms with Crippen molar-refractivity contribution < 1.29 is 23.1 Å². The highest BCUT2D eigenvalue weighted by molar-refractivity contribution is 5.86. The summed E-state index contributed by atoms with van der Waals surface area (Å²) >= 11 is 0. The first kappa shape index (κ1) is 21.0. The van der Waals surface area contributed by atoms with Gasteiger partial charge in [-0.15, -0.1) is 0 Å². The Morgan fingerprint density at radius 1 is 1.14 bits per heavy atom. The molecule has 0 N–H and O–H groups in total. The number of ether oxygens (including phenoxy) is 1. The third-order valence-corrected chi connectivity index (χ3v) is 5.22. The van der Waals surface area contributed by atoms with Gasteiger partial charge in [0.1, 0.15) is 11.6 Å². The smallest absolute Gasteiger partial charge is 0.242 e. The van der Waals surface area contributed by atoms with Gasteiger partial charge in [-0.1, -0.05) is 18.6 Å². The van der Waals surface area contributed by atoms with Gasteiger partial charge in [0.25, 0.3) is 0 Å². The van der Waals surface area contributed by atoms with E-state index in [1.165, 1.54) is 12.1 Å². The van der Waals surface area contributed by atoms with Crippen LogP contribution in [0.5, 0.6) is 0 Å². The fraction of sp³-hybridized carbons (Fsp3) is 0.455. The number of carbonyl (C=O) groups excluding carboxylic acids is 2. The van der Waals surface area contributed by atoms with Crippen molar-refractivity contribution in [2.24, 2.45) is 5.92 Å². The molecule has 0 aliphatic heterocycles. The van der Waals surface area contributed by atoms with Crippen LogP contribution in [-0.2, 0) is 27.4 Å². The maximum atomic E-state index is 13.2. The van der Waals surface area contributed by atoms with Crippen molar-refractivity contribution in [2.45, 2.75) is 32.4 Å². The fourth-order valence-corrected chi connectivity index (χ4v) is 3.28. The monoisotopic (exact) mass is 402 g/mol. The van der Waals surface area contributed by atoms with Crippen LogP contribution >= 0.6 is 0 Å². The Bertz CT molecular complexity index is 788. The highest BCUT2D eigenvalue weighted by atomic mass is 19.1. The summed E-state index contributed by atoms with van der Waals surface area (Å²) < 4.78 is 23.7. The molecular formula is C22H27FN2O4. The van der Waals surface area contributed by atoms with Crippen LogP contribution in [-0.4, -0.2) is 48.4 Å². The molecule has 0 unspecified atom stereocenters. The lowest BCUT2D eigenvalue weighted by molar-refractivity contribution is -0.145. The van der Waals surface area contributed by atoms with Crippen molar-refractivity contribution in [3.8, 4) is 0 Å². The average Bonchev–Trinajstić information content (AvgIpc) is 3.17. The van der Waals surface area contributed by atoms with Crippen molar-refractivity contribution >= 4 is 11.8 Å². The van der Waals surface area contributed by atoms with E-state index in [2.05, 4.69) is 0 Å². The van der Waals surface area contributed by atoms with Gasteiger partial charge >= 0.3 is 0 Å². The maximum absolute atomic E-state index is 13.2. The van der Waals surface area contributed by atoms with Crippen LogP contribution in [0.25, 0.3) is 0 Å². The first-order chi connectivity index (χ1) is 14.1. The zero-order valence-electron chi connectivity index (χ0n) is 16.7. The molecule has 7 heteroatoms. The van der Waals surface area contributed by atoms with Gasteiger partial charge in [0.2, 0.25) is 11.8 Å². The molecule has 6 nitrogen and oxygen atoms in total. The summed E-state index contributed by atoms with van der Waals surface area (Å²) in [7, 11) is 1.57. The first-order valence-corrected chi connectivity index (χ1v) is 9.89. The zero-order chi connectivity index (χ0) is 20.6. The van der Waals surface area contributed by atoms with Gasteiger partial charge in [0.15, 0.2) is 0 Å². The van der Waals surface area contributed by atoms with Crippen LogP contribution in [0.4, 0.5) is 4.39 Å². The summed E-state index contributed by atoms with van der Waals surface area (Å²) in [5, 5.41) is 0. The van der Waals surface area contributed by atoms with Crippen LogP contribution in [0.3, 0.4) is 0 Å². The highest BCUT2D eigenvalue weighted by Gasteiger charge is 2.31. The molecule has 1 aromatic carbocycles. The number of nitrogens with zero attached hydrogens (tertiary/aromatic N) is 2. The van der Waals surface area contributed by atoms with Crippen molar-refractivity contribution in [2.75, 3.05) is 26.8 Å². The highest BCUT2D eigenvalue weighted by Crippen LogP contribution is 2.28. The molecule has 2 aromatic rings. The quantitative estimate of drug-likeness (QED) is 0.612. The van der Waals surface area contributed by atoms with Gasteiger partial charge in [0, 0.05) is 26.1 Å². The number of carbonyl (C=O) groups is 2. The van der Waals surface area contributed by atoms with Gasteiger partial charge < -0.3 is 19.0 Å². The molecule has 0 radical (unpaired) electrons. The van der Waals surface area contributed by atoms with Gasteiger partial charge in [-0.25, -0.2) is 4.39 Å². The molecule has 156 valence electrons. The van der Waals surface area contributed by atoms with Crippen LogP contribution in [0.2, 0.25) is 0 Å². The van der Waals surface area contributed by atoms with E-state index in [1.807, 2.05) is 0 Å². The van der Waals surface area contributed by atoms with Gasteiger partial charge in [-0.3, -0.25) is 9.59 Å². The van der Waals surface area contributed by atoms with Crippen LogP contribution in [0.1, 0.15) is 30.6 Å². The number of hydrogen-bond acceptors (Lipinski definition) is 4. The van der Waals surface area contributed by atoms with Crippen LogP contribution in [0, 0.1) is 11.7 Å². The minimum Gasteiger partial charge on any atom is -0.467 e. The van der Waals surface area contributed by atoms with E-state index in [9.17, 15) is 14.0 Å². The molecular weight excluding hydrogens is 375 g/mol. The van der Waals surface area contributed by atoms with Crippen LogP contribution in [0.15, 0.2) is 47.1 Å². The summed E-state index contributed by atoms with van der Waals surface area (Å²) in [6.45, 7) is 1.32. The van der Waals surface area contributed by atoms with E-state index < -0.39 is 0 Å². The molecule has 0 bridgehead atoms. The molecule has 29 heavy (non-hydrogen) atoms. The molecule has 0 atom stereocenters. The second-order valence-electron chi connectivity index (χ2n) is 7.34. The van der Waals surface area contributed by atoms with Gasteiger partial charge in [0.05, 0.1) is 26.0 Å². The van der Waals surface area contributed by atoms with Crippen LogP contribution < -0.4 is 0 Å². The molecule has 1 fully saturated rings. The minimum atomic E-state index is -0.325. The third-order valence-electron chi connectivity index (χ3n) is 5.22. The van der Waals surface area contributed by atoms with Crippen molar-refractivity contribution in [3.05, 3.63) is 59.8 Å².